The van der Waals surface area contributed by atoms with Gasteiger partial charge in [0.15, 0.2) is 5.38 Å². The van der Waals surface area contributed by atoms with Gasteiger partial charge in [-0.15, -0.1) is 11.6 Å². The topological polar surface area (TPSA) is 26.3 Å². The molecule has 0 spiro atoms. The summed E-state index contributed by atoms with van der Waals surface area (Å²) in [6, 6.07) is 0. The van der Waals surface area contributed by atoms with E-state index in [0.29, 0.717) is 0 Å². The molecule has 0 amide bonds. The maximum Gasteiger partial charge on any atom is 0.327 e. The lowest BCUT2D eigenvalue weighted by atomic mass is 10.3. The van der Waals surface area contributed by atoms with Crippen molar-refractivity contribution in [1.29, 1.82) is 0 Å². The highest BCUT2D eigenvalue weighted by molar-refractivity contribution is 6.54. The van der Waals surface area contributed by atoms with Crippen molar-refractivity contribution in [3.63, 3.8) is 0 Å². The van der Waals surface area contributed by atoms with Gasteiger partial charge in [0.1, 0.15) is 4.33 Å². The maximum absolute atomic E-state index is 10.9. The molecule has 0 rings (SSSR count). The van der Waals surface area contributed by atoms with Crippen LogP contribution in [0.4, 0.5) is 0 Å². The molecule has 0 radical (unpaired) electrons. The number of carbonyl (C=O) groups is 1. The summed E-state index contributed by atoms with van der Waals surface area (Å²) in [5.74, 6) is -0.596. The quantitative estimate of drug-likeness (QED) is 0.538. The zero-order valence-corrected chi connectivity index (χ0v) is 8.50. The van der Waals surface area contributed by atoms with Crippen molar-refractivity contribution in [2.24, 2.45) is 0 Å². The van der Waals surface area contributed by atoms with Crippen LogP contribution in [0.3, 0.4) is 0 Å². The summed E-state index contributed by atoms with van der Waals surface area (Å²) < 4.78 is 3.31. The molecule has 0 aromatic heterocycles. The second kappa shape index (κ2) is 4.39. The van der Waals surface area contributed by atoms with Crippen LogP contribution in [-0.4, -0.2) is 22.3 Å². The maximum atomic E-state index is 10.9. The minimum absolute atomic E-state index is 0.270. The van der Waals surface area contributed by atoms with Crippen LogP contribution in [0.25, 0.3) is 0 Å². The van der Waals surface area contributed by atoms with Crippen molar-refractivity contribution in [3.05, 3.63) is 0 Å². The predicted molar refractivity (Wildman–Crippen MR) is 46.4 cm³/mol. The molecule has 0 saturated heterocycles. The van der Waals surface area contributed by atoms with E-state index in [1.807, 2.05) is 0 Å². The normalized spacial score (nSPS) is 14.3. The Morgan fingerprint density at radius 2 is 2.09 bits per heavy atom. The summed E-state index contributed by atoms with van der Waals surface area (Å²) in [7, 11) is 0. The molecule has 1 atom stereocenters. The SMILES string of the molecule is CCOC(=O)C(Cl)C(C)(Cl)Cl. The Labute approximate surface area is 80.7 Å². The smallest absolute Gasteiger partial charge is 0.327 e. The van der Waals surface area contributed by atoms with E-state index in [9.17, 15) is 4.79 Å². The van der Waals surface area contributed by atoms with Crippen LogP contribution in [0.5, 0.6) is 0 Å². The molecule has 1 unspecified atom stereocenters. The highest BCUT2D eigenvalue weighted by Crippen LogP contribution is 2.29. The molecule has 5 heteroatoms. The number of halogens is 3. The molecule has 0 aliphatic carbocycles. The van der Waals surface area contributed by atoms with Gasteiger partial charge in [0.25, 0.3) is 0 Å². The fraction of sp³-hybridized carbons (Fsp3) is 0.833. The third-order valence-corrected chi connectivity index (χ3v) is 2.21. The summed E-state index contributed by atoms with van der Waals surface area (Å²) in [6.45, 7) is 3.39. The Morgan fingerprint density at radius 1 is 1.64 bits per heavy atom. The first-order valence-electron chi connectivity index (χ1n) is 3.08. The fourth-order valence-electron chi connectivity index (χ4n) is 0.422. The Morgan fingerprint density at radius 3 is 2.36 bits per heavy atom. The highest BCUT2D eigenvalue weighted by atomic mass is 35.5. The predicted octanol–water partition coefficient (Wildman–Crippen LogP) is 2.35. The van der Waals surface area contributed by atoms with Gasteiger partial charge >= 0.3 is 5.97 Å². The number of hydrogen-bond acceptors (Lipinski definition) is 2. The second-order valence-corrected chi connectivity index (χ2v) is 4.27. The van der Waals surface area contributed by atoms with Gasteiger partial charge in [-0.25, -0.2) is 0 Å². The van der Waals surface area contributed by atoms with E-state index in [2.05, 4.69) is 4.74 Å². The van der Waals surface area contributed by atoms with E-state index in [1.165, 1.54) is 6.92 Å². The van der Waals surface area contributed by atoms with Crippen LogP contribution in [-0.2, 0) is 9.53 Å². The Hall–Kier alpha value is 0.340. The van der Waals surface area contributed by atoms with Crippen LogP contribution in [0.1, 0.15) is 13.8 Å². The van der Waals surface area contributed by atoms with Crippen molar-refractivity contribution in [3.8, 4) is 0 Å². The van der Waals surface area contributed by atoms with Gasteiger partial charge in [-0.3, -0.25) is 4.79 Å². The molecule has 66 valence electrons. The molecule has 0 heterocycles. The lowest BCUT2D eigenvalue weighted by molar-refractivity contribution is -0.142. The number of hydrogen-bond donors (Lipinski definition) is 0. The number of carbonyl (C=O) groups excluding carboxylic acids is 1. The molecule has 0 N–H and O–H groups in total. The van der Waals surface area contributed by atoms with Gasteiger partial charge < -0.3 is 4.74 Å². The van der Waals surface area contributed by atoms with Gasteiger partial charge in [0.2, 0.25) is 0 Å². The number of esters is 1. The molecule has 2 nitrogen and oxygen atoms in total. The standard InChI is InChI=1S/C6H9Cl3O2/c1-3-11-5(10)4(7)6(2,8)9/h4H,3H2,1-2H3. The average Bonchev–Trinajstić information content (AvgIpc) is 1.85. The van der Waals surface area contributed by atoms with Gasteiger partial charge in [-0.2, -0.15) is 0 Å². The molecule has 0 aromatic carbocycles. The van der Waals surface area contributed by atoms with Crippen molar-refractivity contribution in [1.82, 2.24) is 0 Å². The number of alkyl halides is 3. The van der Waals surface area contributed by atoms with Crippen LogP contribution in [0, 0.1) is 0 Å². The van der Waals surface area contributed by atoms with E-state index in [-0.39, 0.29) is 6.61 Å². The molecule has 11 heavy (non-hydrogen) atoms. The van der Waals surface area contributed by atoms with Gasteiger partial charge in [0.05, 0.1) is 6.61 Å². The first-order chi connectivity index (χ1) is 4.89. The van der Waals surface area contributed by atoms with Crippen LogP contribution in [0.15, 0.2) is 0 Å². The van der Waals surface area contributed by atoms with E-state index < -0.39 is 15.7 Å². The van der Waals surface area contributed by atoms with E-state index >= 15 is 0 Å². The molecule has 0 aliphatic rings. The van der Waals surface area contributed by atoms with E-state index in [0.717, 1.165) is 0 Å². The fourth-order valence-corrected chi connectivity index (χ4v) is 0.664. The summed E-state index contributed by atoms with van der Waals surface area (Å²) >= 11 is 16.6. The number of rotatable bonds is 3. The van der Waals surface area contributed by atoms with Crippen LogP contribution < -0.4 is 0 Å². The minimum Gasteiger partial charge on any atom is -0.465 e. The lowest BCUT2D eigenvalue weighted by Crippen LogP contribution is -2.32. The van der Waals surface area contributed by atoms with Crippen molar-refractivity contribution in [2.75, 3.05) is 6.61 Å². The van der Waals surface area contributed by atoms with E-state index in [1.54, 1.807) is 6.92 Å². The second-order valence-electron chi connectivity index (χ2n) is 2.07. The Bertz CT molecular complexity index is 141. The zero-order valence-electron chi connectivity index (χ0n) is 6.23. The minimum atomic E-state index is -1.28. The van der Waals surface area contributed by atoms with E-state index in [4.69, 9.17) is 34.8 Å². The Balaban J connectivity index is 4.03. The largest absolute Gasteiger partial charge is 0.465 e. The summed E-state index contributed by atoms with van der Waals surface area (Å²) in [5, 5.41) is -1.02. The van der Waals surface area contributed by atoms with Crippen molar-refractivity contribution in [2.45, 2.75) is 23.6 Å². The van der Waals surface area contributed by atoms with Gasteiger partial charge in [-0.05, 0) is 13.8 Å². The Kier molecular flexibility index (Phi) is 4.52. The van der Waals surface area contributed by atoms with Crippen molar-refractivity contribution < 1.29 is 9.53 Å². The van der Waals surface area contributed by atoms with Gasteiger partial charge in [-0.1, -0.05) is 23.2 Å². The molecular weight excluding hydrogens is 210 g/mol. The lowest BCUT2D eigenvalue weighted by Gasteiger charge is -2.17. The summed E-state index contributed by atoms with van der Waals surface area (Å²) in [6.07, 6.45) is 0. The highest BCUT2D eigenvalue weighted by Gasteiger charge is 2.35. The summed E-state index contributed by atoms with van der Waals surface area (Å²) in [4.78, 5) is 10.9. The molecule has 0 aliphatic heterocycles. The first kappa shape index (κ1) is 11.3. The molecule has 0 aromatic rings. The van der Waals surface area contributed by atoms with Gasteiger partial charge in [0, 0.05) is 0 Å². The average molecular weight is 219 g/mol. The number of ether oxygens (including phenoxy) is 1. The zero-order chi connectivity index (χ0) is 9.07. The van der Waals surface area contributed by atoms with Crippen LogP contribution in [0.2, 0.25) is 0 Å². The third-order valence-electron chi connectivity index (χ3n) is 0.939. The summed E-state index contributed by atoms with van der Waals surface area (Å²) in [5.41, 5.74) is 0. The third kappa shape index (κ3) is 4.04. The van der Waals surface area contributed by atoms with Crippen LogP contribution >= 0.6 is 34.8 Å². The first-order valence-corrected chi connectivity index (χ1v) is 4.27. The van der Waals surface area contributed by atoms with Crippen molar-refractivity contribution >= 4 is 40.8 Å². The molecule has 0 bridgehead atoms. The molecular formula is C6H9Cl3O2. The monoisotopic (exact) mass is 218 g/mol. The molecule has 0 saturated carbocycles. The molecule has 0 fully saturated rings.